The van der Waals surface area contributed by atoms with Crippen molar-refractivity contribution in [3.05, 3.63) is 59.2 Å². The Labute approximate surface area is 147 Å². The Morgan fingerprint density at radius 1 is 1.04 bits per heavy atom. The van der Waals surface area contributed by atoms with Crippen molar-refractivity contribution in [2.75, 3.05) is 19.4 Å². The molecule has 3 rings (SSSR count). The van der Waals surface area contributed by atoms with Crippen molar-refractivity contribution in [3.63, 3.8) is 0 Å². The van der Waals surface area contributed by atoms with Gasteiger partial charge < -0.3 is 15.0 Å². The third-order valence-electron chi connectivity index (χ3n) is 4.14. The second kappa shape index (κ2) is 6.24. The maximum atomic E-state index is 12.5. The Balaban J connectivity index is 1.78. The summed E-state index contributed by atoms with van der Waals surface area (Å²) in [6.45, 7) is 4.05. The molecule has 5 heteroatoms. The fourth-order valence-electron chi connectivity index (χ4n) is 2.93. The summed E-state index contributed by atoms with van der Waals surface area (Å²) in [7, 11) is 3.39. The minimum atomic E-state index is -0.267. The number of benzene rings is 2. The Kier molecular flexibility index (Phi) is 4.25. The summed E-state index contributed by atoms with van der Waals surface area (Å²) in [5.41, 5.74) is 2.53. The van der Waals surface area contributed by atoms with E-state index in [1.165, 1.54) is 4.90 Å². The van der Waals surface area contributed by atoms with E-state index in [1.807, 2.05) is 32.0 Å². The van der Waals surface area contributed by atoms with Crippen LogP contribution >= 0.6 is 0 Å². The summed E-state index contributed by atoms with van der Waals surface area (Å²) in [5.74, 6) is 0.411. The number of carbonyl (C=O) groups is 2. The number of nitrogens with one attached hydrogen (secondary N) is 1. The molecule has 5 nitrogen and oxygen atoms in total. The molecule has 1 N–H and O–H groups in total. The number of hydrogen-bond acceptors (Lipinski definition) is 3. The Bertz CT molecular complexity index is 823. The SMILES string of the molecule is CN(C)C(=O)c1ccc(C(=O)Nc2cccc3c2OC(C)(C)C3)cc1. The predicted molar refractivity (Wildman–Crippen MR) is 97.3 cm³/mol. The zero-order chi connectivity index (χ0) is 18.2. The second-order valence-electron chi connectivity index (χ2n) is 7.06. The van der Waals surface area contributed by atoms with Gasteiger partial charge in [-0.3, -0.25) is 9.59 Å². The van der Waals surface area contributed by atoms with E-state index in [2.05, 4.69) is 5.32 Å². The van der Waals surface area contributed by atoms with Crippen LogP contribution in [0.2, 0.25) is 0 Å². The van der Waals surface area contributed by atoms with Crippen molar-refractivity contribution in [1.82, 2.24) is 4.90 Å². The summed E-state index contributed by atoms with van der Waals surface area (Å²) < 4.78 is 5.97. The number of fused-ring (bicyclic) bond motifs is 1. The minimum absolute atomic E-state index is 0.0940. The molecule has 0 fully saturated rings. The van der Waals surface area contributed by atoms with Gasteiger partial charge in [-0.05, 0) is 44.2 Å². The fourth-order valence-corrected chi connectivity index (χ4v) is 2.93. The molecular formula is C20H22N2O3. The van der Waals surface area contributed by atoms with Gasteiger partial charge in [0.1, 0.15) is 11.4 Å². The normalized spacial score (nSPS) is 14.4. The molecule has 0 saturated heterocycles. The first-order chi connectivity index (χ1) is 11.8. The average molecular weight is 338 g/mol. The van der Waals surface area contributed by atoms with Crippen LogP contribution in [0.4, 0.5) is 5.69 Å². The molecule has 0 spiro atoms. The summed E-state index contributed by atoms with van der Waals surface area (Å²) >= 11 is 0. The standard InChI is InChI=1S/C20H22N2O3/c1-20(2)12-15-6-5-7-16(17(15)25-20)21-18(23)13-8-10-14(11-9-13)19(24)22(3)4/h5-11H,12H2,1-4H3,(H,21,23). The van der Waals surface area contributed by atoms with Gasteiger partial charge in [-0.2, -0.15) is 0 Å². The van der Waals surface area contributed by atoms with Crippen LogP contribution in [-0.4, -0.2) is 36.4 Å². The van der Waals surface area contributed by atoms with Crippen molar-refractivity contribution >= 4 is 17.5 Å². The fraction of sp³-hybridized carbons (Fsp3) is 0.300. The number of hydrogen-bond donors (Lipinski definition) is 1. The predicted octanol–water partition coefficient (Wildman–Crippen LogP) is 3.35. The summed E-state index contributed by atoms with van der Waals surface area (Å²) in [6, 6.07) is 12.4. The second-order valence-corrected chi connectivity index (χ2v) is 7.06. The highest BCUT2D eigenvalue weighted by Gasteiger charge is 2.32. The van der Waals surface area contributed by atoms with Gasteiger partial charge in [0.15, 0.2) is 0 Å². The van der Waals surface area contributed by atoms with Crippen molar-refractivity contribution in [2.24, 2.45) is 0 Å². The zero-order valence-corrected chi connectivity index (χ0v) is 14.9. The molecule has 0 bridgehead atoms. The van der Waals surface area contributed by atoms with Crippen LogP contribution in [0.1, 0.15) is 40.1 Å². The van der Waals surface area contributed by atoms with E-state index in [-0.39, 0.29) is 17.4 Å². The van der Waals surface area contributed by atoms with Gasteiger partial charge in [0, 0.05) is 37.2 Å². The molecule has 1 heterocycles. The van der Waals surface area contributed by atoms with Crippen molar-refractivity contribution in [1.29, 1.82) is 0 Å². The largest absolute Gasteiger partial charge is 0.485 e. The molecular weight excluding hydrogens is 316 g/mol. The third-order valence-corrected chi connectivity index (χ3v) is 4.14. The van der Waals surface area contributed by atoms with Gasteiger partial charge in [0.2, 0.25) is 0 Å². The summed E-state index contributed by atoms with van der Waals surface area (Å²) in [5, 5.41) is 2.91. The van der Waals surface area contributed by atoms with Gasteiger partial charge >= 0.3 is 0 Å². The van der Waals surface area contributed by atoms with Gasteiger partial charge in [0.25, 0.3) is 11.8 Å². The first kappa shape index (κ1) is 17.0. The van der Waals surface area contributed by atoms with Crippen molar-refractivity contribution in [3.8, 4) is 5.75 Å². The maximum absolute atomic E-state index is 12.5. The van der Waals surface area contributed by atoms with Gasteiger partial charge in [-0.1, -0.05) is 12.1 Å². The van der Waals surface area contributed by atoms with Crippen molar-refractivity contribution in [2.45, 2.75) is 25.9 Å². The number of ether oxygens (including phenoxy) is 1. The van der Waals surface area contributed by atoms with Crippen LogP contribution in [0, 0.1) is 0 Å². The molecule has 2 aromatic rings. The number of anilines is 1. The van der Waals surface area contributed by atoms with E-state index in [1.54, 1.807) is 38.4 Å². The van der Waals surface area contributed by atoms with Crippen LogP contribution in [0.25, 0.3) is 0 Å². The molecule has 0 aromatic heterocycles. The molecule has 25 heavy (non-hydrogen) atoms. The molecule has 0 saturated carbocycles. The molecule has 1 aliphatic rings. The Morgan fingerprint density at radius 2 is 1.68 bits per heavy atom. The number of amides is 2. The number of nitrogens with zero attached hydrogens (tertiary/aromatic N) is 1. The molecule has 0 atom stereocenters. The first-order valence-corrected chi connectivity index (χ1v) is 8.21. The van der Waals surface area contributed by atoms with Crippen LogP contribution < -0.4 is 10.1 Å². The first-order valence-electron chi connectivity index (χ1n) is 8.21. The Morgan fingerprint density at radius 3 is 2.32 bits per heavy atom. The van der Waals surface area contributed by atoms with E-state index >= 15 is 0 Å². The quantitative estimate of drug-likeness (QED) is 0.934. The molecule has 2 aromatic carbocycles. The van der Waals surface area contributed by atoms with Gasteiger partial charge in [-0.25, -0.2) is 0 Å². The summed E-state index contributed by atoms with van der Waals surface area (Å²) in [4.78, 5) is 25.9. The number of para-hydroxylation sites is 1. The van der Waals surface area contributed by atoms with E-state index in [0.717, 1.165) is 17.7 Å². The third kappa shape index (κ3) is 3.50. The lowest BCUT2D eigenvalue weighted by Gasteiger charge is -2.18. The number of rotatable bonds is 3. The Hall–Kier alpha value is -2.82. The molecule has 2 amide bonds. The van der Waals surface area contributed by atoms with E-state index < -0.39 is 0 Å². The molecule has 0 radical (unpaired) electrons. The maximum Gasteiger partial charge on any atom is 0.255 e. The lowest BCUT2D eigenvalue weighted by atomic mass is 10.0. The topological polar surface area (TPSA) is 58.6 Å². The highest BCUT2D eigenvalue weighted by molar-refractivity contribution is 6.06. The van der Waals surface area contributed by atoms with Crippen LogP contribution in [0.3, 0.4) is 0 Å². The van der Waals surface area contributed by atoms with Crippen LogP contribution in [-0.2, 0) is 6.42 Å². The summed E-state index contributed by atoms with van der Waals surface area (Å²) in [6.07, 6.45) is 0.813. The minimum Gasteiger partial charge on any atom is -0.485 e. The number of carbonyl (C=O) groups excluding carboxylic acids is 2. The van der Waals surface area contributed by atoms with Crippen molar-refractivity contribution < 1.29 is 14.3 Å². The molecule has 0 aliphatic carbocycles. The lowest BCUT2D eigenvalue weighted by molar-refractivity contribution is 0.0827. The van der Waals surface area contributed by atoms with Crippen LogP contribution in [0.15, 0.2) is 42.5 Å². The molecule has 0 unspecified atom stereocenters. The lowest BCUT2D eigenvalue weighted by Crippen LogP contribution is -2.25. The molecule has 130 valence electrons. The van der Waals surface area contributed by atoms with E-state index in [9.17, 15) is 9.59 Å². The van der Waals surface area contributed by atoms with E-state index in [4.69, 9.17) is 4.74 Å². The highest BCUT2D eigenvalue weighted by atomic mass is 16.5. The van der Waals surface area contributed by atoms with E-state index in [0.29, 0.717) is 16.8 Å². The van der Waals surface area contributed by atoms with Crippen LogP contribution in [0.5, 0.6) is 5.75 Å². The van der Waals surface area contributed by atoms with Gasteiger partial charge in [-0.15, -0.1) is 0 Å². The molecule has 1 aliphatic heterocycles. The average Bonchev–Trinajstić information content (AvgIpc) is 2.89. The monoisotopic (exact) mass is 338 g/mol. The van der Waals surface area contributed by atoms with Gasteiger partial charge in [0.05, 0.1) is 5.69 Å². The smallest absolute Gasteiger partial charge is 0.255 e. The highest BCUT2D eigenvalue weighted by Crippen LogP contribution is 2.40. The zero-order valence-electron chi connectivity index (χ0n) is 14.9.